The van der Waals surface area contributed by atoms with Gasteiger partial charge >= 0.3 is 0 Å². The molecule has 5 heteroatoms. The Morgan fingerprint density at radius 2 is 2.15 bits per heavy atom. The molecule has 1 fully saturated rings. The van der Waals surface area contributed by atoms with Crippen molar-refractivity contribution in [2.45, 2.75) is 25.9 Å². The third-order valence-corrected chi connectivity index (χ3v) is 3.44. The summed E-state index contributed by atoms with van der Waals surface area (Å²) in [7, 11) is 0. The molecule has 1 unspecified atom stereocenters. The van der Waals surface area contributed by atoms with Gasteiger partial charge in [0.15, 0.2) is 11.6 Å². The van der Waals surface area contributed by atoms with Crippen LogP contribution in [0.4, 0.5) is 4.39 Å². The molecule has 0 radical (unpaired) electrons. The van der Waals surface area contributed by atoms with Crippen LogP contribution in [0.3, 0.4) is 0 Å². The first-order valence-electron chi connectivity index (χ1n) is 7.06. The minimum absolute atomic E-state index is 0.0653. The molecule has 20 heavy (non-hydrogen) atoms. The number of carbonyl (C=O) groups is 1. The summed E-state index contributed by atoms with van der Waals surface area (Å²) >= 11 is 0. The van der Waals surface area contributed by atoms with Crippen molar-refractivity contribution in [3.05, 3.63) is 30.1 Å². The number of amides is 1. The predicted octanol–water partition coefficient (Wildman–Crippen LogP) is 1.71. The molecular weight excluding hydrogens is 259 g/mol. The lowest BCUT2D eigenvalue weighted by atomic mass is 9.97. The van der Waals surface area contributed by atoms with Crippen molar-refractivity contribution in [2.75, 3.05) is 19.6 Å². The normalized spacial score (nSPS) is 17.5. The van der Waals surface area contributed by atoms with Crippen LogP contribution in [0.15, 0.2) is 24.3 Å². The predicted molar refractivity (Wildman–Crippen MR) is 75.1 cm³/mol. The standard InChI is InChI=1S/C15H21FN2O2/c1-11(20-14-5-3-2-4-13(14)16)10-18-15(19)12-6-8-17-9-7-12/h2-5,11-12,17H,6-10H2,1H3,(H,18,19). The summed E-state index contributed by atoms with van der Waals surface area (Å²) in [6, 6.07) is 6.28. The van der Waals surface area contributed by atoms with Gasteiger partial charge in [-0.25, -0.2) is 4.39 Å². The van der Waals surface area contributed by atoms with Crippen LogP contribution in [0.2, 0.25) is 0 Å². The number of hydrogen-bond acceptors (Lipinski definition) is 3. The van der Waals surface area contributed by atoms with E-state index in [1.807, 2.05) is 6.92 Å². The number of rotatable bonds is 5. The van der Waals surface area contributed by atoms with Gasteiger partial charge in [0.25, 0.3) is 0 Å². The van der Waals surface area contributed by atoms with Crippen LogP contribution in [-0.2, 0) is 4.79 Å². The first-order valence-corrected chi connectivity index (χ1v) is 7.06. The fourth-order valence-corrected chi connectivity index (χ4v) is 2.27. The van der Waals surface area contributed by atoms with Gasteiger partial charge in [-0.05, 0) is 45.0 Å². The first kappa shape index (κ1) is 14.8. The third kappa shape index (κ3) is 4.20. The molecule has 0 aliphatic carbocycles. The Hall–Kier alpha value is -1.62. The van der Waals surface area contributed by atoms with E-state index in [1.54, 1.807) is 18.2 Å². The molecule has 0 spiro atoms. The van der Waals surface area contributed by atoms with Gasteiger partial charge in [-0.1, -0.05) is 12.1 Å². The summed E-state index contributed by atoms with van der Waals surface area (Å²) in [4.78, 5) is 12.0. The van der Waals surface area contributed by atoms with Crippen molar-refractivity contribution in [3.8, 4) is 5.75 Å². The summed E-state index contributed by atoms with van der Waals surface area (Å²) in [5.41, 5.74) is 0. The maximum atomic E-state index is 13.4. The van der Waals surface area contributed by atoms with E-state index < -0.39 is 0 Å². The second-order valence-electron chi connectivity index (χ2n) is 5.13. The molecule has 1 aliphatic heterocycles. The Labute approximate surface area is 118 Å². The Balaban J connectivity index is 1.76. The number of halogens is 1. The molecule has 0 saturated carbocycles. The van der Waals surface area contributed by atoms with E-state index in [1.165, 1.54) is 6.07 Å². The summed E-state index contributed by atoms with van der Waals surface area (Å²) in [6.07, 6.45) is 1.47. The van der Waals surface area contributed by atoms with Crippen LogP contribution in [0.5, 0.6) is 5.75 Å². The molecule has 1 heterocycles. The molecule has 1 saturated heterocycles. The van der Waals surface area contributed by atoms with E-state index in [4.69, 9.17) is 4.74 Å². The Morgan fingerprint density at radius 3 is 2.85 bits per heavy atom. The number of para-hydroxylation sites is 1. The van der Waals surface area contributed by atoms with Crippen LogP contribution < -0.4 is 15.4 Å². The highest BCUT2D eigenvalue weighted by molar-refractivity contribution is 5.78. The van der Waals surface area contributed by atoms with Crippen LogP contribution in [-0.4, -0.2) is 31.6 Å². The second kappa shape index (κ2) is 7.24. The van der Waals surface area contributed by atoms with E-state index >= 15 is 0 Å². The highest BCUT2D eigenvalue weighted by Crippen LogP contribution is 2.17. The number of hydrogen-bond donors (Lipinski definition) is 2. The van der Waals surface area contributed by atoms with Crippen LogP contribution in [0.1, 0.15) is 19.8 Å². The molecule has 1 aromatic rings. The lowest BCUT2D eigenvalue weighted by Gasteiger charge is -2.23. The van der Waals surface area contributed by atoms with Gasteiger partial charge in [0.05, 0.1) is 6.54 Å². The van der Waals surface area contributed by atoms with Crippen LogP contribution in [0.25, 0.3) is 0 Å². The van der Waals surface area contributed by atoms with Gasteiger partial charge in [0.1, 0.15) is 6.10 Å². The average molecular weight is 280 g/mol. The molecule has 4 nitrogen and oxygen atoms in total. The molecule has 2 N–H and O–H groups in total. The van der Waals surface area contributed by atoms with E-state index in [0.717, 1.165) is 25.9 Å². The molecule has 0 aromatic heterocycles. The number of ether oxygens (including phenoxy) is 1. The zero-order chi connectivity index (χ0) is 14.4. The largest absolute Gasteiger partial charge is 0.486 e. The number of benzene rings is 1. The quantitative estimate of drug-likeness (QED) is 0.863. The van der Waals surface area contributed by atoms with Crippen molar-refractivity contribution < 1.29 is 13.9 Å². The van der Waals surface area contributed by atoms with Gasteiger partial charge in [0, 0.05) is 5.92 Å². The molecule has 1 aromatic carbocycles. The summed E-state index contributed by atoms with van der Waals surface area (Å²) in [5, 5.41) is 6.10. The lowest BCUT2D eigenvalue weighted by molar-refractivity contribution is -0.126. The van der Waals surface area contributed by atoms with Gasteiger partial charge in [-0.15, -0.1) is 0 Å². The molecule has 2 rings (SSSR count). The highest BCUT2D eigenvalue weighted by atomic mass is 19.1. The van der Waals surface area contributed by atoms with Gasteiger partial charge in [-0.2, -0.15) is 0 Å². The van der Waals surface area contributed by atoms with E-state index in [2.05, 4.69) is 10.6 Å². The number of nitrogens with one attached hydrogen (secondary N) is 2. The maximum absolute atomic E-state index is 13.4. The molecular formula is C15H21FN2O2. The smallest absolute Gasteiger partial charge is 0.223 e. The second-order valence-corrected chi connectivity index (χ2v) is 5.13. The maximum Gasteiger partial charge on any atom is 0.223 e. The lowest BCUT2D eigenvalue weighted by Crippen LogP contribution is -2.41. The van der Waals surface area contributed by atoms with Crippen molar-refractivity contribution in [1.29, 1.82) is 0 Å². The van der Waals surface area contributed by atoms with E-state index in [9.17, 15) is 9.18 Å². The van der Waals surface area contributed by atoms with Crippen molar-refractivity contribution in [3.63, 3.8) is 0 Å². The third-order valence-electron chi connectivity index (χ3n) is 3.44. The fraction of sp³-hybridized carbons (Fsp3) is 0.533. The number of carbonyl (C=O) groups excluding carboxylic acids is 1. The van der Waals surface area contributed by atoms with Crippen molar-refractivity contribution in [1.82, 2.24) is 10.6 Å². The van der Waals surface area contributed by atoms with Gasteiger partial charge in [0.2, 0.25) is 5.91 Å². The molecule has 0 bridgehead atoms. The van der Waals surface area contributed by atoms with E-state index in [0.29, 0.717) is 6.54 Å². The topological polar surface area (TPSA) is 50.4 Å². The zero-order valence-electron chi connectivity index (χ0n) is 11.7. The van der Waals surface area contributed by atoms with Crippen LogP contribution >= 0.6 is 0 Å². The van der Waals surface area contributed by atoms with Crippen molar-refractivity contribution >= 4 is 5.91 Å². The number of piperidine rings is 1. The highest BCUT2D eigenvalue weighted by Gasteiger charge is 2.21. The summed E-state index contributed by atoms with van der Waals surface area (Å²) in [5.74, 6) is -0.0208. The van der Waals surface area contributed by atoms with Crippen LogP contribution in [0, 0.1) is 11.7 Å². The Kier molecular flexibility index (Phi) is 5.35. The zero-order valence-corrected chi connectivity index (χ0v) is 11.7. The Morgan fingerprint density at radius 1 is 1.45 bits per heavy atom. The molecule has 110 valence electrons. The molecule has 1 atom stereocenters. The Bertz CT molecular complexity index is 447. The van der Waals surface area contributed by atoms with E-state index in [-0.39, 0.29) is 29.5 Å². The SMILES string of the molecule is CC(CNC(=O)C1CCNCC1)Oc1ccccc1F. The van der Waals surface area contributed by atoms with Crippen molar-refractivity contribution in [2.24, 2.45) is 5.92 Å². The minimum atomic E-state index is -0.385. The first-order chi connectivity index (χ1) is 9.66. The van der Waals surface area contributed by atoms with Gasteiger partial charge in [-0.3, -0.25) is 4.79 Å². The molecule has 1 amide bonds. The monoisotopic (exact) mass is 280 g/mol. The molecule has 1 aliphatic rings. The summed E-state index contributed by atoms with van der Waals surface area (Å²) < 4.78 is 18.9. The minimum Gasteiger partial charge on any atom is -0.486 e. The fourth-order valence-electron chi connectivity index (χ4n) is 2.27. The van der Waals surface area contributed by atoms with Gasteiger partial charge < -0.3 is 15.4 Å². The summed E-state index contributed by atoms with van der Waals surface area (Å²) in [6.45, 7) is 3.98. The average Bonchev–Trinajstić information content (AvgIpc) is 2.48.